The lowest BCUT2D eigenvalue weighted by atomic mass is 10.1. The number of anilines is 1. The van der Waals surface area contributed by atoms with E-state index in [4.69, 9.17) is 21.1 Å². The van der Waals surface area contributed by atoms with Gasteiger partial charge in [0.05, 0.1) is 25.8 Å². The molecule has 0 aromatic heterocycles. The highest BCUT2D eigenvalue weighted by Crippen LogP contribution is 2.38. The van der Waals surface area contributed by atoms with E-state index in [0.29, 0.717) is 41.0 Å². The Labute approximate surface area is 260 Å². The van der Waals surface area contributed by atoms with Crippen LogP contribution in [0.25, 0.3) is 16.8 Å². The third kappa shape index (κ3) is 6.69. The minimum atomic E-state index is -0.543. The van der Waals surface area contributed by atoms with Gasteiger partial charge in [0.25, 0.3) is 11.1 Å². The number of hydrogen-bond donors (Lipinski definition) is 1. The van der Waals surface area contributed by atoms with Gasteiger partial charge < -0.3 is 14.8 Å². The number of ether oxygens (including phenoxy) is 2. The fourth-order valence-electron chi connectivity index (χ4n) is 4.33. The molecule has 1 saturated heterocycles. The maximum Gasteiger partial charge on any atom is 0.294 e. The molecule has 10 heteroatoms. The van der Waals surface area contributed by atoms with Crippen LogP contribution in [0.15, 0.2) is 83.8 Å². The second-order valence-electron chi connectivity index (χ2n) is 8.99. The lowest BCUT2D eigenvalue weighted by Gasteiger charge is -2.16. The van der Waals surface area contributed by atoms with Crippen LogP contribution >= 0.6 is 46.0 Å². The number of thioether (sulfide) groups is 1. The summed E-state index contributed by atoms with van der Waals surface area (Å²) in [6.45, 7) is 2.23. The molecular weight excluding hydrogens is 675 g/mol. The van der Waals surface area contributed by atoms with E-state index in [-0.39, 0.29) is 4.91 Å². The van der Waals surface area contributed by atoms with Gasteiger partial charge in [-0.2, -0.15) is 0 Å². The van der Waals surface area contributed by atoms with Crippen molar-refractivity contribution in [2.75, 3.05) is 18.5 Å². The number of nitrogens with one attached hydrogen (secondary N) is 1. The molecule has 0 spiro atoms. The normalized spacial score (nSPS) is 14.1. The number of benzene rings is 4. The summed E-state index contributed by atoms with van der Waals surface area (Å²) in [7, 11) is 0. The quantitative estimate of drug-likeness (QED) is 0.142. The molecule has 0 unspecified atom stereocenters. The molecule has 41 heavy (non-hydrogen) atoms. The Balaban J connectivity index is 1.33. The molecule has 4 aromatic rings. The Hall–Kier alpha value is -3.54. The Morgan fingerprint density at radius 2 is 1.78 bits per heavy atom. The van der Waals surface area contributed by atoms with Gasteiger partial charge in [0.15, 0.2) is 11.5 Å². The van der Waals surface area contributed by atoms with E-state index in [1.54, 1.807) is 36.4 Å². The van der Waals surface area contributed by atoms with Crippen LogP contribution in [0.2, 0.25) is 5.02 Å². The fraction of sp³-hybridized carbons (Fsp3) is 0.129. The van der Waals surface area contributed by atoms with Crippen molar-refractivity contribution in [3.05, 3.63) is 103 Å². The van der Waals surface area contributed by atoms with Crippen molar-refractivity contribution >= 4 is 85.5 Å². The molecule has 1 aliphatic rings. The predicted molar refractivity (Wildman–Crippen MR) is 171 cm³/mol. The molecule has 4 aromatic carbocycles. The minimum Gasteiger partial charge on any atom is -0.490 e. The second kappa shape index (κ2) is 13.0. The highest BCUT2D eigenvalue weighted by atomic mass is 127. The van der Waals surface area contributed by atoms with E-state index in [0.717, 1.165) is 36.6 Å². The minimum absolute atomic E-state index is 0.211. The van der Waals surface area contributed by atoms with Crippen molar-refractivity contribution in [1.82, 2.24) is 4.90 Å². The number of rotatable bonds is 9. The molecule has 3 amide bonds. The highest BCUT2D eigenvalue weighted by molar-refractivity contribution is 14.1. The van der Waals surface area contributed by atoms with Gasteiger partial charge in [-0.15, -0.1) is 0 Å². The Kier molecular flexibility index (Phi) is 9.16. The van der Waals surface area contributed by atoms with Crippen LogP contribution in [-0.4, -0.2) is 35.1 Å². The zero-order chi connectivity index (χ0) is 28.9. The van der Waals surface area contributed by atoms with Crippen LogP contribution in [-0.2, 0) is 16.2 Å². The van der Waals surface area contributed by atoms with Gasteiger partial charge in [-0.25, -0.2) is 0 Å². The smallest absolute Gasteiger partial charge is 0.294 e. The van der Waals surface area contributed by atoms with Crippen LogP contribution in [0.4, 0.5) is 10.5 Å². The first-order valence-electron chi connectivity index (χ1n) is 12.7. The fourth-order valence-corrected chi connectivity index (χ4v) is 6.13. The molecule has 0 radical (unpaired) electrons. The molecule has 1 heterocycles. The van der Waals surface area contributed by atoms with Crippen molar-refractivity contribution in [1.29, 1.82) is 0 Å². The zero-order valence-corrected chi connectivity index (χ0v) is 25.6. The lowest BCUT2D eigenvalue weighted by Crippen LogP contribution is -2.36. The number of nitrogens with zero attached hydrogens (tertiary/aromatic N) is 1. The van der Waals surface area contributed by atoms with Gasteiger partial charge in [0, 0.05) is 0 Å². The molecule has 7 nitrogen and oxygen atoms in total. The summed E-state index contributed by atoms with van der Waals surface area (Å²) in [5.74, 6) is 0.0622. The SMILES string of the molecule is CCOc1cc(/C=C2/SC(=O)N(CC(=O)Nc3ccccc3Cl)C2=O)cc(I)c1OCc1cccc2ccccc12. The molecule has 208 valence electrons. The van der Waals surface area contributed by atoms with Crippen molar-refractivity contribution in [3.63, 3.8) is 0 Å². The Morgan fingerprint density at radius 3 is 2.59 bits per heavy atom. The molecule has 1 aliphatic heterocycles. The van der Waals surface area contributed by atoms with E-state index in [1.165, 1.54) is 0 Å². The molecular formula is C31H24ClIN2O5S. The predicted octanol–water partition coefficient (Wildman–Crippen LogP) is 7.75. The highest BCUT2D eigenvalue weighted by Gasteiger charge is 2.36. The largest absolute Gasteiger partial charge is 0.490 e. The summed E-state index contributed by atoms with van der Waals surface area (Å²) in [5, 5.41) is 4.73. The molecule has 5 rings (SSSR count). The van der Waals surface area contributed by atoms with Gasteiger partial charge in [0.1, 0.15) is 13.2 Å². The summed E-state index contributed by atoms with van der Waals surface area (Å²) < 4.78 is 12.9. The monoisotopic (exact) mass is 698 g/mol. The van der Waals surface area contributed by atoms with Crippen molar-refractivity contribution in [2.24, 2.45) is 0 Å². The first-order valence-corrected chi connectivity index (χ1v) is 15.0. The summed E-state index contributed by atoms with van der Waals surface area (Å²) in [5.41, 5.74) is 2.13. The third-order valence-electron chi connectivity index (χ3n) is 6.20. The zero-order valence-electron chi connectivity index (χ0n) is 21.9. The maximum atomic E-state index is 13.1. The number of carbonyl (C=O) groups is 3. The summed E-state index contributed by atoms with van der Waals surface area (Å²) in [6.07, 6.45) is 1.62. The summed E-state index contributed by atoms with van der Waals surface area (Å²) in [6, 6.07) is 24.6. The van der Waals surface area contributed by atoms with Crippen LogP contribution in [0.3, 0.4) is 0 Å². The molecule has 1 fully saturated rings. The topological polar surface area (TPSA) is 84.9 Å². The van der Waals surface area contributed by atoms with Gasteiger partial charge >= 0.3 is 0 Å². The van der Waals surface area contributed by atoms with Crippen molar-refractivity contribution < 1.29 is 23.9 Å². The average Bonchev–Trinajstić information content (AvgIpc) is 3.21. The van der Waals surface area contributed by atoms with E-state index in [1.807, 2.05) is 37.3 Å². The van der Waals surface area contributed by atoms with Crippen molar-refractivity contribution in [3.8, 4) is 11.5 Å². The molecule has 1 N–H and O–H groups in total. The number of carbonyl (C=O) groups excluding carboxylic acids is 3. The number of para-hydroxylation sites is 1. The maximum absolute atomic E-state index is 13.1. The van der Waals surface area contributed by atoms with Crippen LogP contribution in [0, 0.1) is 3.57 Å². The number of halogens is 2. The molecule has 0 saturated carbocycles. The van der Waals surface area contributed by atoms with Crippen LogP contribution in [0.1, 0.15) is 18.1 Å². The lowest BCUT2D eigenvalue weighted by molar-refractivity contribution is -0.127. The van der Waals surface area contributed by atoms with Crippen molar-refractivity contribution in [2.45, 2.75) is 13.5 Å². The van der Waals surface area contributed by atoms with E-state index in [2.05, 4.69) is 46.1 Å². The van der Waals surface area contributed by atoms with E-state index >= 15 is 0 Å². The standard InChI is InChI=1S/C31H24ClIN2O5S/c1-2-39-26-15-19(14-24(33)29(26)40-18-21-10-7-9-20-8-3-4-11-22(20)21)16-27-30(37)35(31(38)41-27)17-28(36)34-25-13-6-5-12-23(25)32/h3-16H,2,17-18H2,1H3,(H,34,36)/b27-16+. The van der Waals surface area contributed by atoms with Crippen LogP contribution in [0.5, 0.6) is 11.5 Å². The number of imide groups is 1. The Bertz CT molecular complexity index is 1690. The molecule has 0 atom stereocenters. The number of fused-ring (bicyclic) bond motifs is 1. The van der Waals surface area contributed by atoms with Gasteiger partial charge in [-0.1, -0.05) is 66.2 Å². The Morgan fingerprint density at radius 1 is 1.02 bits per heavy atom. The second-order valence-corrected chi connectivity index (χ2v) is 11.5. The first-order chi connectivity index (χ1) is 19.8. The molecule has 0 bridgehead atoms. The van der Waals surface area contributed by atoms with Gasteiger partial charge in [-0.05, 0) is 93.5 Å². The molecule has 0 aliphatic carbocycles. The number of hydrogen-bond acceptors (Lipinski definition) is 6. The van der Waals surface area contributed by atoms with Crippen LogP contribution < -0.4 is 14.8 Å². The van der Waals surface area contributed by atoms with E-state index < -0.39 is 23.6 Å². The summed E-state index contributed by atoms with van der Waals surface area (Å²) in [4.78, 5) is 39.3. The average molecular weight is 699 g/mol. The summed E-state index contributed by atoms with van der Waals surface area (Å²) >= 11 is 9.05. The third-order valence-corrected chi connectivity index (χ3v) is 8.24. The van der Waals surface area contributed by atoms with Gasteiger partial charge in [-0.3, -0.25) is 19.3 Å². The van der Waals surface area contributed by atoms with Gasteiger partial charge in [0.2, 0.25) is 5.91 Å². The van der Waals surface area contributed by atoms with E-state index in [9.17, 15) is 14.4 Å². The first kappa shape index (κ1) is 29.0. The number of amides is 3.